The van der Waals surface area contributed by atoms with Gasteiger partial charge in [-0.25, -0.2) is 4.39 Å². The third kappa shape index (κ3) is 5.27. The van der Waals surface area contributed by atoms with Crippen LogP contribution in [0.25, 0.3) is 0 Å². The van der Waals surface area contributed by atoms with Crippen LogP contribution in [0.5, 0.6) is 0 Å². The van der Waals surface area contributed by atoms with Gasteiger partial charge in [-0.15, -0.1) is 11.8 Å². The number of thioether (sulfide) groups is 1. The fraction of sp³-hybridized carbons (Fsp3) is 0.333. The highest BCUT2D eigenvalue weighted by molar-refractivity contribution is 8.00. The Morgan fingerprint density at radius 1 is 1.53 bits per heavy atom. The van der Waals surface area contributed by atoms with Gasteiger partial charge in [-0.05, 0) is 24.6 Å². The lowest BCUT2D eigenvalue weighted by molar-refractivity contribution is -0.137. The van der Waals surface area contributed by atoms with Gasteiger partial charge in [0.1, 0.15) is 11.9 Å². The lowest BCUT2D eigenvalue weighted by atomic mass is 10.2. The van der Waals surface area contributed by atoms with Crippen molar-refractivity contribution < 1.29 is 19.1 Å². The van der Waals surface area contributed by atoms with Crippen LogP contribution in [-0.2, 0) is 9.59 Å². The van der Waals surface area contributed by atoms with Gasteiger partial charge in [0, 0.05) is 11.4 Å². The van der Waals surface area contributed by atoms with Gasteiger partial charge >= 0.3 is 5.97 Å². The van der Waals surface area contributed by atoms with Crippen molar-refractivity contribution in [1.29, 1.82) is 0 Å². The Hall–Kier alpha value is -1.60. The molecule has 0 aliphatic heterocycles. The number of benzene rings is 1. The zero-order valence-electron chi connectivity index (χ0n) is 10.4. The minimum absolute atomic E-state index is 0.0659. The summed E-state index contributed by atoms with van der Waals surface area (Å²) in [5.74, 6) is -1.61. The fourth-order valence-corrected chi connectivity index (χ4v) is 1.99. The number of carbonyl (C=O) groups is 2. The maximum atomic E-state index is 13.2. The number of hydrogen-bond donors (Lipinski definition) is 3. The molecule has 19 heavy (non-hydrogen) atoms. The van der Waals surface area contributed by atoms with Crippen molar-refractivity contribution in [3.05, 3.63) is 29.6 Å². The normalized spacial score (nSPS) is 11.9. The van der Waals surface area contributed by atoms with Crippen molar-refractivity contribution in [3.8, 4) is 0 Å². The van der Waals surface area contributed by atoms with Crippen LogP contribution in [-0.4, -0.2) is 34.5 Å². The molecule has 1 aromatic carbocycles. The van der Waals surface area contributed by atoms with Crippen molar-refractivity contribution in [2.45, 2.75) is 13.0 Å². The van der Waals surface area contributed by atoms with E-state index in [-0.39, 0.29) is 17.4 Å². The van der Waals surface area contributed by atoms with Crippen LogP contribution in [0.15, 0.2) is 18.2 Å². The van der Waals surface area contributed by atoms with E-state index in [0.717, 1.165) is 11.8 Å². The fourth-order valence-electron chi connectivity index (χ4n) is 1.22. The molecular formula is C12H15FN2O3S. The minimum atomic E-state index is -1.10. The van der Waals surface area contributed by atoms with Crippen LogP contribution in [0.4, 0.5) is 10.1 Å². The van der Waals surface area contributed by atoms with Gasteiger partial charge in [0.2, 0.25) is 5.91 Å². The Balaban J connectivity index is 2.39. The third-order valence-electron chi connectivity index (χ3n) is 2.30. The average molecular weight is 286 g/mol. The Bertz CT molecular complexity index is 482. The molecule has 1 unspecified atom stereocenters. The van der Waals surface area contributed by atoms with Crippen LogP contribution in [0, 0.1) is 12.7 Å². The number of carbonyl (C=O) groups excluding carboxylic acids is 1. The van der Waals surface area contributed by atoms with Crippen molar-refractivity contribution in [2.24, 2.45) is 5.73 Å². The third-order valence-corrected chi connectivity index (χ3v) is 3.36. The molecule has 0 radical (unpaired) electrons. The minimum Gasteiger partial charge on any atom is -0.480 e. The van der Waals surface area contributed by atoms with Gasteiger partial charge in [-0.1, -0.05) is 6.07 Å². The number of carboxylic acids is 1. The van der Waals surface area contributed by atoms with Crippen molar-refractivity contribution >= 4 is 29.3 Å². The molecule has 0 aliphatic carbocycles. The van der Waals surface area contributed by atoms with Gasteiger partial charge in [-0.3, -0.25) is 9.59 Å². The van der Waals surface area contributed by atoms with E-state index in [1.807, 2.05) is 0 Å². The summed E-state index contributed by atoms with van der Waals surface area (Å²) in [4.78, 5) is 22.0. The first kappa shape index (κ1) is 15.5. The van der Waals surface area contributed by atoms with E-state index in [0.29, 0.717) is 11.3 Å². The molecule has 1 amide bonds. The molecule has 7 heteroatoms. The molecule has 0 aromatic heterocycles. The largest absolute Gasteiger partial charge is 0.480 e. The molecule has 0 spiro atoms. The summed E-state index contributed by atoms with van der Waals surface area (Å²) in [6, 6.07) is 3.41. The summed E-state index contributed by atoms with van der Waals surface area (Å²) >= 11 is 1.11. The summed E-state index contributed by atoms with van der Waals surface area (Å²) in [6.45, 7) is 1.63. The topological polar surface area (TPSA) is 92.4 Å². The second kappa shape index (κ2) is 7.10. The van der Waals surface area contributed by atoms with E-state index in [9.17, 15) is 14.0 Å². The van der Waals surface area contributed by atoms with Crippen LogP contribution >= 0.6 is 11.8 Å². The Labute approximate surface area is 114 Å². The average Bonchev–Trinajstić information content (AvgIpc) is 2.33. The number of carboxylic acid groups (broad SMARTS) is 1. The Kier molecular flexibility index (Phi) is 5.78. The lowest BCUT2D eigenvalue weighted by Crippen LogP contribution is -2.33. The number of hydrogen-bond acceptors (Lipinski definition) is 4. The number of anilines is 1. The van der Waals surface area contributed by atoms with E-state index < -0.39 is 17.8 Å². The predicted octanol–water partition coefficient (Wildman–Crippen LogP) is 1.22. The molecule has 104 valence electrons. The molecule has 0 aliphatic rings. The Morgan fingerprint density at radius 3 is 2.79 bits per heavy atom. The summed E-state index contributed by atoms with van der Waals surface area (Å²) in [5, 5.41) is 11.1. The number of amides is 1. The summed E-state index contributed by atoms with van der Waals surface area (Å²) in [7, 11) is 0. The van der Waals surface area contributed by atoms with Crippen LogP contribution < -0.4 is 11.1 Å². The second-order valence-corrected chi connectivity index (χ2v) is 5.00. The van der Waals surface area contributed by atoms with Crippen molar-refractivity contribution in [1.82, 2.24) is 0 Å². The van der Waals surface area contributed by atoms with Crippen LogP contribution in [0.2, 0.25) is 0 Å². The highest BCUT2D eigenvalue weighted by Crippen LogP contribution is 2.14. The number of rotatable bonds is 6. The quantitative estimate of drug-likeness (QED) is 0.731. The van der Waals surface area contributed by atoms with Gasteiger partial charge in [0.05, 0.1) is 5.75 Å². The first-order chi connectivity index (χ1) is 8.90. The van der Waals surface area contributed by atoms with Gasteiger partial charge in [0.25, 0.3) is 0 Å². The van der Waals surface area contributed by atoms with Crippen LogP contribution in [0.1, 0.15) is 5.56 Å². The van der Waals surface area contributed by atoms with E-state index in [1.165, 1.54) is 6.07 Å². The van der Waals surface area contributed by atoms with E-state index >= 15 is 0 Å². The molecule has 4 N–H and O–H groups in total. The SMILES string of the molecule is Cc1ccc(NC(=O)CSCC(N)C(=O)O)cc1F. The molecule has 0 fully saturated rings. The molecule has 1 aromatic rings. The monoisotopic (exact) mass is 286 g/mol. The molecular weight excluding hydrogens is 271 g/mol. The number of aryl methyl sites for hydroxylation is 1. The molecule has 0 saturated carbocycles. The van der Waals surface area contributed by atoms with Crippen molar-refractivity contribution in [3.63, 3.8) is 0 Å². The van der Waals surface area contributed by atoms with Gasteiger partial charge in [-0.2, -0.15) is 0 Å². The number of nitrogens with one attached hydrogen (secondary N) is 1. The highest BCUT2D eigenvalue weighted by Gasteiger charge is 2.12. The van der Waals surface area contributed by atoms with Crippen molar-refractivity contribution in [2.75, 3.05) is 16.8 Å². The maximum absolute atomic E-state index is 13.2. The maximum Gasteiger partial charge on any atom is 0.321 e. The molecule has 0 bridgehead atoms. The van der Waals surface area contributed by atoms with Gasteiger partial charge in [0.15, 0.2) is 0 Å². The summed E-state index contributed by atoms with van der Waals surface area (Å²) in [6.07, 6.45) is 0. The highest BCUT2D eigenvalue weighted by atomic mass is 32.2. The van der Waals surface area contributed by atoms with Gasteiger partial charge < -0.3 is 16.2 Å². The molecule has 1 rings (SSSR count). The van der Waals surface area contributed by atoms with E-state index in [2.05, 4.69) is 5.32 Å². The van der Waals surface area contributed by atoms with E-state index in [4.69, 9.17) is 10.8 Å². The lowest BCUT2D eigenvalue weighted by Gasteiger charge is -2.07. The number of aliphatic carboxylic acids is 1. The number of nitrogens with two attached hydrogens (primary N) is 1. The second-order valence-electron chi connectivity index (χ2n) is 3.97. The molecule has 0 saturated heterocycles. The molecule has 5 nitrogen and oxygen atoms in total. The zero-order chi connectivity index (χ0) is 14.4. The predicted molar refractivity (Wildman–Crippen MR) is 72.7 cm³/mol. The summed E-state index contributed by atoms with van der Waals surface area (Å²) in [5.41, 5.74) is 6.16. The standard InChI is InChI=1S/C12H15FN2O3S/c1-7-2-3-8(4-9(7)13)15-11(16)6-19-5-10(14)12(17)18/h2-4,10H,5-6,14H2,1H3,(H,15,16)(H,17,18). The molecule has 0 heterocycles. The first-order valence-electron chi connectivity index (χ1n) is 5.52. The number of halogens is 1. The molecule has 1 atom stereocenters. The smallest absolute Gasteiger partial charge is 0.321 e. The summed E-state index contributed by atoms with van der Waals surface area (Å²) < 4.78 is 13.2. The Morgan fingerprint density at radius 2 is 2.21 bits per heavy atom. The zero-order valence-corrected chi connectivity index (χ0v) is 11.2. The van der Waals surface area contributed by atoms with E-state index in [1.54, 1.807) is 19.1 Å². The van der Waals surface area contributed by atoms with Crippen LogP contribution in [0.3, 0.4) is 0 Å². The first-order valence-corrected chi connectivity index (χ1v) is 6.67.